The van der Waals surface area contributed by atoms with E-state index >= 15 is 0 Å². The molecule has 1 aromatic heterocycles. The van der Waals surface area contributed by atoms with E-state index in [0.29, 0.717) is 11.9 Å². The fraction of sp³-hybridized carbons (Fsp3) is 0.524. The average Bonchev–Trinajstić information content (AvgIpc) is 3.23. The van der Waals surface area contributed by atoms with E-state index in [9.17, 15) is 4.79 Å². The summed E-state index contributed by atoms with van der Waals surface area (Å²) in [6.45, 7) is 6.28. The molecule has 1 N–H and O–H groups in total. The van der Waals surface area contributed by atoms with Gasteiger partial charge in [0.25, 0.3) is 0 Å². The van der Waals surface area contributed by atoms with Crippen LogP contribution in [0.1, 0.15) is 62.8 Å². The number of amides is 1. The van der Waals surface area contributed by atoms with Crippen molar-refractivity contribution < 1.29 is 9.53 Å². The van der Waals surface area contributed by atoms with Crippen molar-refractivity contribution in [3.63, 3.8) is 0 Å². The molecule has 0 saturated heterocycles. The number of nitrogens with zero attached hydrogens (tertiary/aromatic N) is 2. The van der Waals surface area contributed by atoms with Crippen molar-refractivity contribution in [1.29, 1.82) is 0 Å². The topological polar surface area (TPSA) is 56.2 Å². The van der Waals surface area contributed by atoms with Gasteiger partial charge in [0.2, 0.25) is 5.91 Å². The number of benzene rings is 1. The highest BCUT2D eigenvalue weighted by molar-refractivity contribution is 8.00. The zero-order valence-corrected chi connectivity index (χ0v) is 17.0. The zero-order valence-electron chi connectivity index (χ0n) is 16.2. The van der Waals surface area contributed by atoms with Gasteiger partial charge in [0.1, 0.15) is 11.6 Å². The molecule has 4 rings (SSSR count). The average molecular weight is 386 g/mol. The maximum absolute atomic E-state index is 12.3. The third-order valence-electron chi connectivity index (χ3n) is 5.14. The summed E-state index contributed by atoms with van der Waals surface area (Å²) in [5.74, 6) is 2.21. The number of aromatic nitrogens is 2. The van der Waals surface area contributed by atoms with Crippen molar-refractivity contribution in [2.75, 3.05) is 11.1 Å². The Morgan fingerprint density at radius 3 is 2.56 bits per heavy atom. The Morgan fingerprint density at radius 2 is 1.89 bits per heavy atom. The smallest absolute Gasteiger partial charge is 0.235 e. The lowest BCUT2D eigenvalue weighted by Crippen LogP contribution is -2.27. The van der Waals surface area contributed by atoms with Crippen LogP contribution < -0.4 is 10.1 Å². The number of rotatable bonds is 3. The number of ether oxygens (including phenoxy) is 1. The van der Waals surface area contributed by atoms with Crippen LogP contribution in [0.5, 0.6) is 5.75 Å². The van der Waals surface area contributed by atoms with Crippen molar-refractivity contribution in [3.8, 4) is 5.75 Å². The molecular weight excluding hydrogens is 358 g/mol. The van der Waals surface area contributed by atoms with Crippen molar-refractivity contribution in [2.45, 2.75) is 63.3 Å². The molecule has 0 bridgehead atoms. The molecule has 1 saturated carbocycles. The molecule has 0 spiro atoms. The monoisotopic (exact) mass is 385 g/mol. The predicted molar refractivity (Wildman–Crippen MR) is 109 cm³/mol. The third kappa shape index (κ3) is 3.86. The number of hydrogen-bond acceptors (Lipinski definition) is 4. The summed E-state index contributed by atoms with van der Waals surface area (Å²) < 4.78 is 8.00. The summed E-state index contributed by atoms with van der Waals surface area (Å²) >= 11 is 1.64. The number of carbonyl (C=O) groups excluding carboxylic acids is 1. The molecule has 1 aromatic carbocycles. The molecule has 1 aliphatic carbocycles. The predicted octanol–water partition coefficient (Wildman–Crippen LogP) is 4.73. The summed E-state index contributed by atoms with van der Waals surface area (Å²) in [4.78, 5) is 12.3. The van der Waals surface area contributed by atoms with Gasteiger partial charge in [-0.1, -0.05) is 12.1 Å². The molecule has 1 aliphatic heterocycles. The van der Waals surface area contributed by atoms with Gasteiger partial charge in [0, 0.05) is 5.56 Å². The van der Waals surface area contributed by atoms with E-state index < -0.39 is 0 Å². The Bertz CT molecular complexity index is 817. The molecule has 6 heteroatoms. The van der Waals surface area contributed by atoms with Gasteiger partial charge in [-0.15, -0.1) is 11.8 Å². The van der Waals surface area contributed by atoms with Crippen LogP contribution in [-0.4, -0.2) is 27.5 Å². The van der Waals surface area contributed by atoms with Crippen LogP contribution in [0.15, 0.2) is 30.5 Å². The van der Waals surface area contributed by atoms with Crippen LogP contribution in [0, 0.1) is 0 Å². The lowest BCUT2D eigenvalue weighted by atomic mass is 10.1. The van der Waals surface area contributed by atoms with Gasteiger partial charge in [-0.2, -0.15) is 5.10 Å². The van der Waals surface area contributed by atoms with Crippen molar-refractivity contribution in [3.05, 3.63) is 41.6 Å². The van der Waals surface area contributed by atoms with Gasteiger partial charge in [0.05, 0.1) is 28.8 Å². The van der Waals surface area contributed by atoms with E-state index in [4.69, 9.17) is 4.74 Å². The molecule has 2 aliphatic rings. The largest absolute Gasteiger partial charge is 0.490 e. The maximum Gasteiger partial charge on any atom is 0.235 e. The van der Waals surface area contributed by atoms with E-state index in [1.807, 2.05) is 10.9 Å². The molecule has 1 amide bonds. The van der Waals surface area contributed by atoms with Crippen molar-refractivity contribution in [2.24, 2.45) is 0 Å². The molecular formula is C21H27N3O2S. The minimum absolute atomic E-state index is 0.0240. The number of fused-ring (bicyclic) bond motifs is 1. The molecule has 27 heavy (non-hydrogen) atoms. The summed E-state index contributed by atoms with van der Waals surface area (Å²) in [5.41, 5.74) is 2.04. The van der Waals surface area contributed by atoms with Crippen LogP contribution in [0.25, 0.3) is 0 Å². The Balaban J connectivity index is 1.62. The fourth-order valence-electron chi connectivity index (χ4n) is 3.80. The quantitative estimate of drug-likeness (QED) is 0.829. The number of anilines is 1. The standard InChI is InChI=1S/C21H27N3O2S/c1-21(2,3)24-20-17(12-22-24)19(27-13-18(25)23-20)14-8-10-16(11-9-14)26-15-6-4-5-7-15/h8-12,15,19H,4-7,13H2,1-3H3,(H,23,25). The molecule has 1 unspecified atom stereocenters. The maximum atomic E-state index is 12.3. The summed E-state index contributed by atoms with van der Waals surface area (Å²) in [6, 6.07) is 8.36. The summed E-state index contributed by atoms with van der Waals surface area (Å²) in [5, 5.41) is 7.70. The lowest BCUT2D eigenvalue weighted by molar-refractivity contribution is -0.113. The van der Waals surface area contributed by atoms with E-state index in [0.717, 1.165) is 30.0 Å². The van der Waals surface area contributed by atoms with Gasteiger partial charge >= 0.3 is 0 Å². The highest BCUT2D eigenvalue weighted by Crippen LogP contribution is 2.43. The molecule has 2 aromatic rings. The lowest BCUT2D eigenvalue weighted by Gasteiger charge is -2.23. The first-order valence-corrected chi connectivity index (χ1v) is 10.7. The van der Waals surface area contributed by atoms with E-state index in [2.05, 4.69) is 55.5 Å². The summed E-state index contributed by atoms with van der Waals surface area (Å²) in [7, 11) is 0. The second kappa shape index (κ2) is 7.23. The molecule has 1 fully saturated rings. The normalized spacial score (nSPS) is 20.9. The van der Waals surface area contributed by atoms with Crippen LogP contribution in [-0.2, 0) is 10.3 Å². The molecule has 144 valence electrons. The van der Waals surface area contributed by atoms with E-state index in [1.165, 1.54) is 18.4 Å². The van der Waals surface area contributed by atoms with E-state index in [-0.39, 0.29) is 16.7 Å². The fourth-order valence-corrected chi connectivity index (χ4v) is 4.89. The Hall–Kier alpha value is -1.95. The zero-order chi connectivity index (χ0) is 19.0. The first kappa shape index (κ1) is 18.4. The summed E-state index contributed by atoms with van der Waals surface area (Å²) in [6.07, 6.45) is 7.10. The SMILES string of the molecule is CC(C)(C)n1ncc2c1NC(=O)CSC2c1ccc(OC2CCCC2)cc1. The second-order valence-corrected chi connectivity index (χ2v) is 9.46. The molecule has 2 heterocycles. The van der Waals surface area contributed by atoms with Gasteiger partial charge in [-0.25, -0.2) is 4.68 Å². The van der Waals surface area contributed by atoms with Crippen molar-refractivity contribution in [1.82, 2.24) is 9.78 Å². The van der Waals surface area contributed by atoms with Gasteiger partial charge in [-0.05, 0) is 64.2 Å². The number of thioether (sulfide) groups is 1. The number of carbonyl (C=O) groups is 1. The molecule has 1 atom stereocenters. The van der Waals surface area contributed by atoms with Gasteiger partial charge in [-0.3, -0.25) is 4.79 Å². The van der Waals surface area contributed by atoms with Crippen LogP contribution in [0.2, 0.25) is 0 Å². The van der Waals surface area contributed by atoms with Crippen LogP contribution in [0.4, 0.5) is 5.82 Å². The first-order valence-electron chi connectivity index (χ1n) is 9.68. The Labute approximate surface area is 164 Å². The van der Waals surface area contributed by atoms with E-state index in [1.54, 1.807) is 11.8 Å². The second-order valence-electron chi connectivity index (χ2n) is 8.36. The van der Waals surface area contributed by atoms with Crippen LogP contribution >= 0.6 is 11.8 Å². The minimum Gasteiger partial charge on any atom is -0.490 e. The van der Waals surface area contributed by atoms with Gasteiger partial charge in [0.15, 0.2) is 0 Å². The Kier molecular flexibility index (Phi) is 4.93. The first-order chi connectivity index (χ1) is 12.9. The highest BCUT2D eigenvalue weighted by Gasteiger charge is 2.30. The van der Waals surface area contributed by atoms with Crippen molar-refractivity contribution >= 4 is 23.5 Å². The highest BCUT2D eigenvalue weighted by atomic mass is 32.2. The molecule has 5 nitrogen and oxygen atoms in total. The number of nitrogens with one attached hydrogen (secondary N) is 1. The third-order valence-corrected chi connectivity index (χ3v) is 6.43. The minimum atomic E-state index is -0.195. The van der Waals surface area contributed by atoms with Gasteiger partial charge < -0.3 is 10.1 Å². The Morgan fingerprint density at radius 1 is 1.19 bits per heavy atom. The number of hydrogen-bond donors (Lipinski definition) is 1. The van der Waals surface area contributed by atoms with Crippen LogP contribution in [0.3, 0.4) is 0 Å². The molecule has 0 radical (unpaired) electrons.